The highest BCUT2D eigenvalue weighted by atomic mass is 14.9. The van der Waals surface area contributed by atoms with Gasteiger partial charge in [0.1, 0.15) is 5.82 Å². The van der Waals surface area contributed by atoms with Crippen molar-refractivity contribution in [3.63, 3.8) is 0 Å². The number of nitrogens with two attached hydrogens (primary N) is 1. The van der Waals surface area contributed by atoms with Gasteiger partial charge in [-0.05, 0) is 18.3 Å². The molecule has 3 nitrogen and oxygen atoms in total. The van der Waals surface area contributed by atoms with Gasteiger partial charge in [0.15, 0.2) is 0 Å². The predicted molar refractivity (Wildman–Crippen MR) is 87.0 cm³/mol. The molecule has 2 aliphatic carbocycles. The van der Waals surface area contributed by atoms with E-state index >= 15 is 0 Å². The highest BCUT2D eigenvalue weighted by molar-refractivity contribution is 5.40. The molecule has 0 aromatic carbocycles. The first-order chi connectivity index (χ1) is 10.3. The van der Waals surface area contributed by atoms with Gasteiger partial charge in [-0.15, -0.1) is 0 Å². The van der Waals surface area contributed by atoms with Gasteiger partial charge in [0.05, 0.1) is 17.6 Å². The molecule has 0 atom stereocenters. The highest BCUT2D eigenvalue weighted by Crippen LogP contribution is 2.29. The van der Waals surface area contributed by atoms with Crippen LogP contribution in [0.3, 0.4) is 0 Å². The summed E-state index contributed by atoms with van der Waals surface area (Å²) in [6.07, 6.45) is 17.7. The quantitative estimate of drug-likeness (QED) is 0.898. The molecule has 0 saturated heterocycles. The minimum atomic E-state index is 0.790. The van der Waals surface area contributed by atoms with Crippen LogP contribution in [-0.4, -0.2) is 9.97 Å². The van der Waals surface area contributed by atoms with Gasteiger partial charge < -0.3 is 5.73 Å². The number of rotatable bonds is 4. The Morgan fingerprint density at radius 3 is 2.05 bits per heavy atom. The van der Waals surface area contributed by atoms with Gasteiger partial charge in [-0.2, -0.15) is 0 Å². The summed E-state index contributed by atoms with van der Waals surface area (Å²) in [6.45, 7) is 0. The average molecular weight is 287 g/mol. The van der Waals surface area contributed by atoms with Crippen LogP contribution in [0.5, 0.6) is 0 Å². The molecule has 0 unspecified atom stereocenters. The molecule has 0 spiro atoms. The van der Waals surface area contributed by atoms with Crippen molar-refractivity contribution in [2.75, 3.05) is 5.73 Å². The van der Waals surface area contributed by atoms with Crippen LogP contribution in [0.4, 0.5) is 5.69 Å². The van der Waals surface area contributed by atoms with E-state index in [0.717, 1.165) is 41.9 Å². The van der Waals surface area contributed by atoms with E-state index in [-0.39, 0.29) is 0 Å². The minimum Gasteiger partial charge on any atom is -0.396 e. The Kier molecular flexibility index (Phi) is 5.10. The van der Waals surface area contributed by atoms with Crippen molar-refractivity contribution in [1.82, 2.24) is 9.97 Å². The lowest BCUT2D eigenvalue weighted by molar-refractivity contribution is 0.347. The summed E-state index contributed by atoms with van der Waals surface area (Å²) in [4.78, 5) is 9.31. The highest BCUT2D eigenvalue weighted by Gasteiger charge is 2.19. The van der Waals surface area contributed by atoms with Crippen LogP contribution in [0.15, 0.2) is 6.20 Å². The van der Waals surface area contributed by atoms with E-state index in [1.807, 2.05) is 6.20 Å². The molecule has 1 aromatic heterocycles. The van der Waals surface area contributed by atoms with Crippen LogP contribution in [0.25, 0.3) is 0 Å². The van der Waals surface area contributed by atoms with Crippen LogP contribution in [0, 0.1) is 11.8 Å². The molecule has 0 amide bonds. The van der Waals surface area contributed by atoms with E-state index in [2.05, 4.69) is 4.98 Å². The SMILES string of the molecule is Nc1cnc(CC2CCCCC2)nc1CC1CCCCC1. The first-order valence-corrected chi connectivity index (χ1v) is 8.91. The predicted octanol–water partition coefficient (Wildman–Crippen LogP) is 4.30. The normalized spacial score (nSPS) is 21.5. The largest absolute Gasteiger partial charge is 0.396 e. The Morgan fingerprint density at radius 2 is 1.43 bits per heavy atom. The van der Waals surface area contributed by atoms with E-state index in [1.165, 1.54) is 64.2 Å². The molecule has 1 heterocycles. The maximum absolute atomic E-state index is 6.11. The zero-order valence-corrected chi connectivity index (χ0v) is 13.2. The van der Waals surface area contributed by atoms with Crippen LogP contribution in [-0.2, 0) is 12.8 Å². The summed E-state index contributed by atoms with van der Waals surface area (Å²) < 4.78 is 0. The van der Waals surface area contributed by atoms with Crippen LogP contribution >= 0.6 is 0 Å². The van der Waals surface area contributed by atoms with Gasteiger partial charge >= 0.3 is 0 Å². The van der Waals surface area contributed by atoms with Crippen LogP contribution in [0.1, 0.15) is 75.7 Å². The maximum atomic E-state index is 6.11. The van der Waals surface area contributed by atoms with E-state index in [1.54, 1.807) is 0 Å². The fourth-order valence-corrected chi connectivity index (χ4v) is 4.04. The van der Waals surface area contributed by atoms with E-state index in [9.17, 15) is 0 Å². The fourth-order valence-electron chi connectivity index (χ4n) is 4.04. The molecule has 3 rings (SSSR count). The molecule has 0 radical (unpaired) electrons. The molecule has 2 aliphatic rings. The summed E-state index contributed by atoms with van der Waals surface area (Å²) in [5, 5.41) is 0. The Morgan fingerprint density at radius 1 is 0.857 bits per heavy atom. The molecule has 116 valence electrons. The summed E-state index contributed by atoms with van der Waals surface area (Å²) in [5.41, 5.74) is 8.03. The van der Waals surface area contributed by atoms with Gasteiger partial charge in [-0.1, -0.05) is 64.2 Å². The number of aromatic nitrogens is 2. The number of nitrogen functional groups attached to an aromatic ring is 1. The average Bonchev–Trinajstić information content (AvgIpc) is 2.53. The Balaban J connectivity index is 1.63. The van der Waals surface area contributed by atoms with Crippen molar-refractivity contribution in [3.8, 4) is 0 Å². The summed E-state index contributed by atoms with van der Waals surface area (Å²) in [6, 6.07) is 0. The van der Waals surface area contributed by atoms with Gasteiger partial charge in [0.2, 0.25) is 0 Å². The van der Waals surface area contributed by atoms with Gasteiger partial charge in [-0.3, -0.25) is 0 Å². The molecule has 2 N–H and O–H groups in total. The first kappa shape index (κ1) is 14.8. The number of anilines is 1. The van der Waals surface area contributed by atoms with E-state index in [0.29, 0.717) is 0 Å². The summed E-state index contributed by atoms with van der Waals surface area (Å²) in [7, 11) is 0. The van der Waals surface area contributed by atoms with Gasteiger partial charge in [-0.25, -0.2) is 9.97 Å². The van der Waals surface area contributed by atoms with Crippen molar-refractivity contribution in [1.29, 1.82) is 0 Å². The zero-order valence-electron chi connectivity index (χ0n) is 13.2. The topological polar surface area (TPSA) is 51.8 Å². The molecule has 21 heavy (non-hydrogen) atoms. The number of hydrogen-bond acceptors (Lipinski definition) is 3. The van der Waals surface area contributed by atoms with Crippen LogP contribution in [0.2, 0.25) is 0 Å². The van der Waals surface area contributed by atoms with Crippen molar-refractivity contribution in [3.05, 3.63) is 17.7 Å². The zero-order chi connectivity index (χ0) is 14.5. The molecule has 0 bridgehead atoms. The van der Waals surface area contributed by atoms with Gasteiger partial charge in [0, 0.05) is 6.42 Å². The molecular formula is C18H29N3. The third-order valence-electron chi connectivity index (χ3n) is 5.35. The first-order valence-electron chi connectivity index (χ1n) is 8.91. The molecule has 3 heteroatoms. The minimum absolute atomic E-state index is 0.790. The lowest BCUT2D eigenvalue weighted by atomic mass is 9.85. The molecule has 2 saturated carbocycles. The van der Waals surface area contributed by atoms with E-state index in [4.69, 9.17) is 10.7 Å². The third kappa shape index (κ3) is 4.18. The molecular weight excluding hydrogens is 258 g/mol. The summed E-state index contributed by atoms with van der Waals surface area (Å²) >= 11 is 0. The monoisotopic (exact) mass is 287 g/mol. The molecule has 2 fully saturated rings. The second-order valence-electron chi connectivity index (χ2n) is 7.10. The van der Waals surface area contributed by atoms with Crippen molar-refractivity contribution >= 4 is 5.69 Å². The fraction of sp³-hybridized carbons (Fsp3) is 0.778. The summed E-state index contributed by atoms with van der Waals surface area (Å²) in [5.74, 6) is 2.62. The number of nitrogens with zero attached hydrogens (tertiary/aromatic N) is 2. The van der Waals surface area contributed by atoms with Crippen LogP contribution < -0.4 is 5.73 Å². The van der Waals surface area contributed by atoms with Crippen molar-refractivity contribution in [2.24, 2.45) is 11.8 Å². The lowest BCUT2D eigenvalue weighted by Gasteiger charge is -2.23. The Hall–Kier alpha value is -1.12. The number of hydrogen-bond donors (Lipinski definition) is 1. The second-order valence-corrected chi connectivity index (χ2v) is 7.10. The maximum Gasteiger partial charge on any atom is 0.128 e. The Labute approximate surface area is 128 Å². The second kappa shape index (κ2) is 7.24. The Bertz CT molecular complexity index is 446. The molecule has 1 aromatic rings. The molecule has 0 aliphatic heterocycles. The lowest BCUT2D eigenvalue weighted by Crippen LogP contribution is -2.15. The van der Waals surface area contributed by atoms with Crippen molar-refractivity contribution < 1.29 is 0 Å². The third-order valence-corrected chi connectivity index (χ3v) is 5.35. The van der Waals surface area contributed by atoms with E-state index < -0.39 is 0 Å². The van der Waals surface area contributed by atoms with Crippen molar-refractivity contribution in [2.45, 2.75) is 77.0 Å². The smallest absolute Gasteiger partial charge is 0.128 e. The standard InChI is InChI=1S/C18H29N3/c19-16-13-20-18(12-15-9-5-2-6-10-15)21-17(16)11-14-7-3-1-4-8-14/h13-15H,1-12,19H2. The van der Waals surface area contributed by atoms with Gasteiger partial charge in [0.25, 0.3) is 0 Å².